The lowest BCUT2D eigenvalue weighted by Gasteiger charge is -2.42. The molecule has 1 atom stereocenters. The number of benzene rings is 4. The minimum atomic E-state index is -0.540. The molecule has 14 nitrogen and oxygen atoms in total. The monoisotopic (exact) mass is 1230 g/mol. The fourth-order valence-corrected chi connectivity index (χ4v) is 11.7. The second-order valence-corrected chi connectivity index (χ2v) is 26.8. The molecule has 0 aliphatic heterocycles. The van der Waals surface area contributed by atoms with Gasteiger partial charge in [0.05, 0.1) is 72.7 Å². The zero-order chi connectivity index (χ0) is 64.3. The Morgan fingerprint density at radius 1 is 0.438 bits per heavy atom. The average Bonchev–Trinajstić information content (AvgIpc) is 1.50. The predicted octanol–water partition coefficient (Wildman–Crippen LogP) is 13.4. The Bertz CT molecular complexity index is 2920. The first kappa shape index (κ1) is 72.2. The Hall–Kier alpha value is -5.84. The summed E-state index contributed by atoms with van der Waals surface area (Å²) in [4.78, 5) is 53.2. The lowest BCUT2D eigenvalue weighted by molar-refractivity contribution is -0.125. The maximum Gasteiger partial charge on any atom is 0.251 e. The minimum Gasteiger partial charge on any atom is -0.382 e. The second-order valence-electron chi connectivity index (χ2n) is 26.8. The number of ketones is 1. The third kappa shape index (κ3) is 23.7. The zero-order valence-corrected chi connectivity index (χ0v) is 55.9. The molecule has 0 aromatic heterocycles. The van der Waals surface area contributed by atoms with Crippen molar-refractivity contribution in [3.8, 4) is 0 Å². The fraction of sp³-hybridized carbons (Fsp3) is 0.573. The van der Waals surface area contributed by atoms with Gasteiger partial charge < -0.3 is 49.1 Å². The lowest BCUT2D eigenvalue weighted by atomic mass is 9.63. The number of unbranched alkanes of at least 4 members (excludes halogenated alkanes) is 1. The molecule has 0 spiro atoms. The molecule has 0 bridgehead atoms. The van der Waals surface area contributed by atoms with E-state index in [0.29, 0.717) is 149 Å². The van der Waals surface area contributed by atoms with Gasteiger partial charge in [-0.25, -0.2) is 0 Å². The molecule has 0 unspecified atom stereocenters. The molecule has 488 valence electrons. The number of carbonyl (C=O) groups is 4. The number of nitrogens with one attached hydrogen (secondary N) is 3. The molecule has 0 saturated carbocycles. The van der Waals surface area contributed by atoms with Crippen molar-refractivity contribution in [2.75, 3.05) is 113 Å². The number of Topliss-reactive ketones (excluding diaryl/α,β-unsaturated/α-hetero) is 1. The van der Waals surface area contributed by atoms with Crippen LogP contribution in [0.1, 0.15) is 205 Å². The van der Waals surface area contributed by atoms with Crippen LogP contribution in [0.3, 0.4) is 0 Å². The molecule has 2 aliphatic carbocycles. The standard InChI is InChI=1S/C75H107N3O11/c1-55(61-25-27-64-66(52-61)74(7,8)32-30-72(64,3)4)50-57-17-21-59(22-18-57)68(79)54-63(71(82)78-36-15-38-85-43-46-88-45-42-84-37-14-35-76-69(80)29-39-86-44-47-89-49-48-87-41-40-83-11)16-12-13-34-77-70(81)60-23-19-58(20-24-60)51-56(2)62-26-28-65-67(53-62)75(9,10)33-31-73(65,5)6/h17-28,50-53,63H,12-16,29-49,54H2,1-11H3,(H,76,80)(H,77,81)(H,78,82)/b55-50+,56-51+/t63-/m0/s1. The van der Waals surface area contributed by atoms with E-state index < -0.39 is 5.92 Å². The van der Waals surface area contributed by atoms with Crippen LogP contribution in [0.15, 0.2) is 84.9 Å². The smallest absolute Gasteiger partial charge is 0.251 e. The van der Waals surface area contributed by atoms with Crippen molar-refractivity contribution in [3.05, 3.63) is 141 Å². The van der Waals surface area contributed by atoms with Crippen molar-refractivity contribution in [2.24, 2.45) is 5.92 Å². The molecule has 14 heteroatoms. The van der Waals surface area contributed by atoms with Crippen molar-refractivity contribution < 1.29 is 52.3 Å². The van der Waals surface area contributed by atoms with Gasteiger partial charge in [-0.05, 0) is 155 Å². The number of carbonyl (C=O) groups excluding carboxylic acids is 4. The number of ether oxygens (including phenoxy) is 7. The summed E-state index contributed by atoms with van der Waals surface area (Å²) in [7, 11) is 1.63. The highest BCUT2D eigenvalue weighted by atomic mass is 16.6. The largest absolute Gasteiger partial charge is 0.382 e. The third-order valence-corrected chi connectivity index (χ3v) is 17.8. The summed E-state index contributed by atoms with van der Waals surface area (Å²) in [5.41, 5.74) is 14.3. The summed E-state index contributed by atoms with van der Waals surface area (Å²) in [6, 6.07) is 29.3. The zero-order valence-electron chi connectivity index (χ0n) is 55.9. The second kappa shape index (κ2) is 36.3. The quantitative estimate of drug-likeness (QED) is 0.0220. The van der Waals surface area contributed by atoms with E-state index in [2.05, 4.69) is 134 Å². The van der Waals surface area contributed by atoms with Gasteiger partial charge in [0.25, 0.3) is 5.91 Å². The molecule has 89 heavy (non-hydrogen) atoms. The lowest BCUT2D eigenvalue weighted by Crippen LogP contribution is -2.33. The Balaban J connectivity index is 0.909. The number of allylic oxidation sites excluding steroid dienone is 2. The van der Waals surface area contributed by atoms with Gasteiger partial charge in [0.1, 0.15) is 0 Å². The van der Waals surface area contributed by atoms with E-state index in [1.807, 2.05) is 48.5 Å². The normalized spacial score (nSPS) is 16.0. The Morgan fingerprint density at radius 3 is 1.30 bits per heavy atom. The number of methoxy groups -OCH3 is 1. The van der Waals surface area contributed by atoms with Crippen LogP contribution in [0.4, 0.5) is 0 Å². The SMILES string of the molecule is COCCOCCOCCOCCC(=O)NCCCOCCOCCOCCCNC(=O)[C@@H](CCCCNC(=O)c1ccc(/C=C(\C)c2ccc3c(c2)C(C)(C)CCC3(C)C)cc1)CC(=O)c1ccc(/C=C(\C)c2ccc3c(c2)C(C)(C)CCC3(C)C)cc1. The molecule has 4 aromatic rings. The summed E-state index contributed by atoms with van der Waals surface area (Å²) in [6.07, 6.45) is 12.5. The molecule has 0 heterocycles. The van der Waals surface area contributed by atoms with Crippen molar-refractivity contribution in [1.29, 1.82) is 0 Å². The van der Waals surface area contributed by atoms with Crippen molar-refractivity contribution >= 4 is 46.8 Å². The molecule has 4 aromatic carbocycles. The molecule has 2 aliphatic rings. The summed E-state index contributed by atoms with van der Waals surface area (Å²) in [5, 5.41) is 9.02. The molecular formula is C75H107N3O11. The highest BCUT2D eigenvalue weighted by Crippen LogP contribution is 2.48. The van der Waals surface area contributed by atoms with Crippen molar-refractivity contribution in [1.82, 2.24) is 16.0 Å². The van der Waals surface area contributed by atoms with Crippen LogP contribution < -0.4 is 16.0 Å². The number of rotatable bonds is 40. The molecule has 0 saturated heterocycles. The average molecular weight is 1230 g/mol. The Labute approximate surface area is 533 Å². The first-order valence-electron chi connectivity index (χ1n) is 32.8. The van der Waals surface area contributed by atoms with Gasteiger partial charge in [-0.15, -0.1) is 0 Å². The van der Waals surface area contributed by atoms with E-state index in [9.17, 15) is 19.2 Å². The molecule has 6 rings (SSSR count). The van der Waals surface area contributed by atoms with Gasteiger partial charge in [-0.2, -0.15) is 0 Å². The first-order valence-corrected chi connectivity index (χ1v) is 32.8. The van der Waals surface area contributed by atoms with E-state index in [0.717, 1.165) is 23.1 Å². The van der Waals surface area contributed by atoms with Crippen LogP contribution in [0, 0.1) is 5.92 Å². The van der Waals surface area contributed by atoms with E-state index in [1.54, 1.807) is 7.11 Å². The topological polar surface area (TPSA) is 169 Å². The highest BCUT2D eigenvalue weighted by molar-refractivity contribution is 5.99. The molecular weight excluding hydrogens is 1120 g/mol. The summed E-state index contributed by atoms with van der Waals surface area (Å²) >= 11 is 0. The van der Waals surface area contributed by atoms with E-state index in [4.69, 9.17) is 33.2 Å². The summed E-state index contributed by atoms with van der Waals surface area (Å²) in [5.74, 6) is -0.998. The van der Waals surface area contributed by atoms with Crippen LogP contribution >= 0.6 is 0 Å². The van der Waals surface area contributed by atoms with Crippen molar-refractivity contribution in [3.63, 3.8) is 0 Å². The first-order chi connectivity index (χ1) is 42.6. The summed E-state index contributed by atoms with van der Waals surface area (Å²) in [6.45, 7) is 30.4. The van der Waals surface area contributed by atoms with Gasteiger partial charge >= 0.3 is 0 Å². The van der Waals surface area contributed by atoms with E-state index >= 15 is 0 Å². The van der Waals surface area contributed by atoms with Gasteiger partial charge in [0.15, 0.2) is 5.78 Å². The molecule has 3 amide bonds. The number of fused-ring (bicyclic) bond motifs is 2. The minimum absolute atomic E-state index is 0.0658. The van der Waals surface area contributed by atoms with Crippen LogP contribution in [0.25, 0.3) is 23.3 Å². The number of amides is 3. The Kier molecular flexibility index (Phi) is 29.4. The molecule has 0 radical (unpaired) electrons. The molecule has 3 N–H and O–H groups in total. The van der Waals surface area contributed by atoms with Gasteiger partial charge in [0.2, 0.25) is 11.8 Å². The fourth-order valence-electron chi connectivity index (χ4n) is 11.7. The highest BCUT2D eigenvalue weighted by Gasteiger charge is 2.38. The van der Waals surface area contributed by atoms with Crippen LogP contribution in [0.2, 0.25) is 0 Å². The van der Waals surface area contributed by atoms with Gasteiger partial charge in [-0.1, -0.05) is 147 Å². The van der Waals surface area contributed by atoms with Crippen LogP contribution in [-0.4, -0.2) is 136 Å². The third-order valence-electron chi connectivity index (χ3n) is 17.8. The maximum absolute atomic E-state index is 13.9. The number of hydrogen-bond donors (Lipinski definition) is 3. The van der Waals surface area contributed by atoms with Crippen LogP contribution in [0.5, 0.6) is 0 Å². The maximum atomic E-state index is 13.9. The predicted molar refractivity (Wildman–Crippen MR) is 359 cm³/mol. The van der Waals surface area contributed by atoms with Gasteiger partial charge in [-0.3, -0.25) is 19.2 Å². The van der Waals surface area contributed by atoms with Gasteiger partial charge in [0, 0.05) is 69.8 Å². The van der Waals surface area contributed by atoms with Crippen LogP contribution in [-0.2, 0) is 64.4 Å². The van der Waals surface area contributed by atoms with Crippen molar-refractivity contribution in [2.45, 2.75) is 162 Å². The van der Waals surface area contributed by atoms with E-state index in [1.165, 1.54) is 58.2 Å². The summed E-state index contributed by atoms with van der Waals surface area (Å²) < 4.78 is 38.2. The molecule has 0 fully saturated rings. The van der Waals surface area contributed by atoms with E-state index in [-0.39, 0.29) is 58.0 Å². The number of hydrogen-bond acceptors (Lipinski definition) is 11. The Morgan fingerprint density at radius 2 is 0.831 bits per heavy atom.